The number of amides is 1. The number of hydrogen-bond acceptors (Lipinski definition) is 5. The Balaban J connectivity index is 1.90. The van der Waals surface area contributed by atoms with E-state index in [1.54, 1.807) is 19.1 Å². The maximum atomic E-state index is 12.5. The van der Waals surface area contributed by atoms with Crippen molar-refractivity contribution in [3.8, 4) is 0 Å². The lowest BCUT2D eigenvalue weighted by molar-refractivity contribution is 0.0505. The number of ether oxygens (including phenoxy) is 1. The van der Waals surface area contributed by atoms with Crippen molar-refractivity contribution in [1.29, 1.82) is 0 Å². The van der Waals surface area contributed by atoms with Crippen LogP contribution in [0.15, 0.2) is 16.5 Å². The molecule has 1 N–H and O–H groups in total. The topological polar surface area (TPSA) is 68.5 Å². The molecule has 0 atom stereocenters. The maximum Gasteiger partial charge on any atom is 0.341 e. The molecule has 0 fully saturated rings. The third-order valence-corrected chi connectivity index (χ3v) is 5.21. The summed E-state index contributed by atoms with van der Waals surface area (Å²) in [4.78, 5) is 26.0. The highest BCUT2D eigenvalue weighted by Crippen LogP contribution is 2.38. The highest BCUT2D eigenvalue weighted by Gasteiger charge is 2.27. The normalized spacial score (nSPS) is 13.4. The number of furan rings is 1. The van der Waals surface area contributed by atoms with Gasteiger partial charge in [0.25, 0.3) is 5.91 Å². The summed E-state index contributed by atoms with van der Waals surface area (Å²) >= 11 is 1.48. The molecule has 2 aromatic heterocycles. The first-order chi connectivity index (χ1) is 11.6. The molecule has 6 heteroatoms. The third kappa shape index (κ3) is 3.38. The summed E-state index contributed by atoms with van der Waals surface area (Å²) in [5, 5.41) is 3.41. The van der Waals surface area contributed by atoms with Gasteiger partial charge in [0.2, 0.25) is 0 Å². The van der Waals surface area contributed by atoms with Gasteiger partial charge in [-0.25, -0.2) is 4.79 Å². The van der Waals surface area contributed by atoms with Crippen LogP contribution in [0.4, 0.5) is 5.00 Å². The molecule has 0 saturated carbocycles. The number of carbonyl (C=O) groups is 2. The van der Waals surface area contributed by atoms with Crippen molar-refractivity contribution < 1.29 is 18.7 Å². The van der Waals surface area contributed by atoms with Crippen molar-refractivity contribution in [2.45, 2.75) is 46.0 Å². The summed E-state index contributed by atoms with van der Waals surface area (Å²) in [6.45, 7) is 4.13. The predicted molar refractivity (Wildman–Crippen MR) is 92.9 cm³/mol. The van der Waals surface area contributed by atoms with Gasteiger partial charge in [-0.1, -0.05) is 6.92 Å². The molecule has 5 nitrogen and oxygen atoms in total. The summed E-state index contributed by atoms with van der Waals surface area (Å²) in [6.07, 6.45) is 4.75. The molecule has 0 aliphatic heterocycles. The molecule has 0 bridgehead atoms. The molecule has 2 aromatic rings. The van der Waals surface area contributed by atoms with Crippen LogP contribution in [0, 0.1) is 6.92 Å². The average Bonchev–Trinajstić information content (AvgIpc) is 3.15. The Morgan fingerprint density at radius 3 is 2.79 bits per heavy atom. The minimum absolute atomic E-state index is 0.242. The molecular weight excluding hydrogens is 326 g/mol. The largest absolute Gasteiger partial charge is 0.462 e. The smallest absolute Gasteiger partial charge is 0.341 e. The molecule has 24 heavy (non-hydrogen) atoms. The Hall–Kier alpha value is -2.08. The van der Waals surface area contributed by atoms with Crippen LogP contribution >= 0.6 is 11.3 Å². The van der Waals surface area contributed by atoms with E-state index in [-0.39, 0.29) is 17.6 Å². The average molecular weight is 347 g/mol. The van der Waals surface area contributed by atoms with Crippen LogP contribution in [-0.4, -0.2) is 18.5 Å². The number of fused-ring (bicyclic) bond motifs is 1. The van der Waals surface area contributed by atoms with Crippen LogP contribution in [0.1, 0.15) is 63.3 Å². The van der Waals surface area contributed by atoms with Crippen LogP contribution in [-0.2, 0) is 17.6 Å². The van der Waals surface area contributed by atoms with Gasteiger partial charge in [0.05, 0.1) is 12.2 Å². The van der Waals surface area contributed by atoms with Crippen LogP contribution in [0.25, 0.3) is 0 Å². The lowest BCUT2D eigenvalue weighted by Crippen LogP contribution is -2.15. The van der Waals surface area contributed by atoms with Gasteiger partial charge >= 0.3 is 5.97 Å². The van der Waals surface area contributed by atoms with Gasteiger partial charge < -0.3 is 14.5 Å². The molecule has 1 aliphatic rings. The molecule has 1 aliphatic carbocycles. The molecule has 3 rings (SSSR count). The van der Waals surface area contributed by atoms with Crippen LogP contribution in [0.5, 0.6) is 0 Å². The maximum absolute atomic E-state index is 12.5. The number of hydrogen-bond donors (Lipinski definition) is 1. The Labute approximate surface area is 145 Å². The second-order valence-corrected chi connectivity index (χ2v) is 7.02. The third-order valence-electron chi connectivity index (χ3n) is 4.00. The van der Waals surface area contributed by atoms with E-state index in [2.05, 4.69) is 5.32 Å². The SMILES string of the molecule is CCCOC(=O)c1c(NC(=O)c2ccc(C)o2)sc2c1CCCC2. The van der Waals surface area contributed by atoms with Gasteiger partial charge in [0.15, 0.2) is 5.76 Å². The minimum atomic E-state index is -0.345. The zero-order valence-corrected chi connectivity index (χ0v) is 14.8. The van der Waals surface area contributed by atoms with E-state index in [9.17, 15) is 9.59 Å². The summed E-state index contributed by atoms with van der Waals surface area (Å²) in [5.41, 5.74) is 1.57. The van der Waals surface area contributed by atoms with Gasteiger partial charge in [0.1, 0.15) is 10.8 Å². The minimum Gasteiger partial charge on any atom is -0.462 e. The lowest BCUT2D eigenvalue weighted by Gasteiger charge is -2.12. The number of nitrogens with one attached hydrogen (secondary N) is 1. The van der Waals surface area contributed by atoms with Crippen molar-refractivity contribution in [3.05, 3.63) is 39.7 Å². The molecule has 1 amide bonds. The highest BCUT2D eigenvalue weighted by molar-refractivity contribution is 7.17. The summed E-state index contributed by atoms with van der Waals surface area (Å²) in [7, 11) is 0. The first kappa shape index (κ1) is 16.8. The first-order valence-corrected chi connectivity index (χ1v) is 9.11. The van der Waals surface area contributed by atoms with Crippen molar-refractivity contribution in [3.63, 3.8) is 0 Å². The zero-order chi connectivity index (χ0) is 17.1. The number of carbonyl (C=O) groups excluding carboxylic acids is 2. The number of thiophene rings is 1. The molecule has 128 valence electrons. The van der Waals surface area contributed by atoms with E-state index in [0.29, 0.717) is 22.9 Å². The van der Waals surface area contributed by atoms with E-state index in [1.807, 2.05) is 6.92 Å². The van der Waals surface area contributed by atoms with Gasteiger partial charge in [-0.15, -0.1) is 11.3 Å². The first-order valence-electron chi connectivity index (χ1n) is 8.29. The monoisotopic (exact) mass is 347 g/mol. The van der Waals surface area contributed by atoms with Gasteiger partial charge in [-0.05, 0) is 56.7 Å². The van der Waals surface area contributed by atoms with E-state index < -0.39 is 0 Å². The second kappa shape index (κ2) is 7.21. The number of anilines is 1. The van der Waals surface area contributed by atoms with Gasteiger partial charge in [-0.2, -0.15) is 0 Å². The number of aryl methyl sites for hydroxylation is 2. The Morgan fingerprint density at radius 2 is 2.08 bits per heavy atom. The van der Waals surface area contributed by atoms with Crippen LogP contribution in [0.3, 0.4) is 0 Å². The fourth-order valence-electron chi connectivity index (χ4n) is 2.86. The van der Waals surface area contributed by atoms with Crippen molar-refractivity contribution in [2.75, 3.05) is 11.9 Å². The lowest BCUT2D eigenvalue weighted by atomic mass is 9.95. The summed E-state index contributed by atoms with van der Waals surface area (Å²) in [6, 6.07) is 3.37. The fraction of sp³-hybridized carbons (Fsp3) is 0.444. The van der Waals surface area contributed by atoms with E-state index in [4.69, 9.17) is 9.15 Å². The fourth-order valence-corrected chi connectivity index (χ4v) is 4.13. The van der Waals surface area contributed by atoms with Crippen molar-refractivity contribution >= 4 is 28.2 Å². The highest BCUT2D eigenvalue weighted by atomic mass is 32.1. The Bertz CT molecular complexity index is 759. The Kier molecular flexibility index (Phi) is 5.04. The molecule has 0 saturated heterocycles. The summed E-state index contributed by atoms with van der Waals surface area (Å²) in [5.74, 6) is 0.230. The standard InChI is InChI=1S/C18H21NO4S/c1-3-10-22-18(21)15-12-6-4-5-7-14(12)24-17(15)19-16(20)13-9-8-11(2)23-13/h8-9H,3-7,10H2,1-2H3,(H,19,20). The van der Waals surface area contributed by atoms with Crippen molar-refractivity contribution in [2.24, 2.45) is 0 Å². The van der Waals surface area contributed by atoms with E-state index in [1.165, 1.54) is 16.2 Å². The molecule has 2 heterocycles. The van der Waals surface area contributed by atoms with Gasteiger partial charge in [-0.3, -0.25) is 4.79 Å². The van der Waals surface area contributed by atoms with Crippen molar-refractivity contribution in [1.82, 2.24) is 0 Å². The molecule has 0 unspecified atom stereocenters. The molecular formula is C18H21NO4S. The zero-order valence-electron chi connectivity index (χ0n) is 13.9. The van der Waals surface area contributed by atoms with Gasteiger partial charge in [0, 0.05) is 4.88 Å². The molecule has 0 radical (unpaired) electrons. The second-order valence-electron chi connectivity index (χ2n) is 5.92. The number of esters is 1. The van der Waals surface area contributed by atoms with E-state index in [0.717, 1.165) is 37.7 Å². The quantitative estimate of drug-likeness (QED) is 0.817. The van der Waals surface area contributed by atoms with Crippen LogP contribution in [0.2, 0.25) is 0 Å². The molecule has 0 spiro atoms. The van der Waals surface area contributed by atoms with Crippen LogP contribution < -0.4 is 5.32 Å². The Morgan fingerprint density at radius 1 is 1.29 bits per heavy atom. The summed E-state index contributed by atoms with van der Waals surface area (Å²) < 4.78 is 10.7. The number of rotatable bonds is 5. The predicted octanol–water partition coefficient (Wildman–Crippen LogP) is 4.35. The van der Waals surface area contributed by atoms with E-state index >= 15 is 0 Å². The molecule has 0 aromatic carbocycles.